The zero-order valence-corrected chi connectivity index (χ0v) is 15.0. The summed E-state index contributed by atoms with van der Waals surface area (Å²) in [6, 6.07) is 7.81. The third-order valence-electron chi connectivity index (χ3n) is 5.09. The van der Waals surface area contributed by atoms with E-state index < -0.39 is 5.92 Å². The molecular weight excluding hydrogens is 318 g/mol. The van der Waals surface area contributed by atoms with Gasteiger partial charge in [-0.15, -0.1) is 0 Å². The highest BCUT2D eigenvalue weighted by Crippen LogP contribution is 2.32. The lowest BCUT2D eigenvalue weighted by Gasteiger charge is -2.37. The van der Waals surface area contributed by atoms with Gasteiger partial charge in [0.05, 0.1) is 19.1 Å². The summed E-state index contributed by atoms with van der Waals surface area (Å²) < 4.78 is 5.43. The van der Waals surface area contributed by atoms with E-state index in [1.165, 1.54) is 0 Å². The molecule has 25 heavy (non-hydrogen) atoms. The molecule has 0 bridgehead atoms. The highest BCUT2D eigenvalue weighted by molar-refractivity contribution is 6.01. The van der Waals surface area contributed by atoms with E-state index in [2.05, 4.69) is 29.4 Å². The molecule has 0 unspecified atom stereocenters. The molecule has 0 radical (unpaired) electrons. The number of nitrogens with zero attached hydrogens (tertiary/aromatic N) is 1. The number of anilines is 1. The van der Waals surface area contributed by atoms with Crippen LogP contribution < -0.4 is 10.6 Å². The van der Waals surface area contributed by atoms with Gasteiger partial charge in [-0.1, -0.05) is 32.0 Å². The van der Waals surface area contributed by atoms with Crippen molar-refractivity contribution in [3.8, 4) is 0 Å². The first-order valence-corrected chi connectivity index (χ1v) is 9.04. The molecule has 2 aliphatic rings. The standard InChI is InChI=1S/C19H27N3O3/c1-13(2)17(22-7-9-25-10-8-22)12-20-19(24)15-11-18(23)21-16-6-4-3-5-14(15)16/h3-6,13,15,17H,7-12H2,1-2H3,(H,20,24)(H,21,23)/t15-,17+/m1/s1. The van der Waals surface area contributed by atoms with Gasteiger partial charge in [-0.05, 0) is 17.5 Å². The molecule has 3 rings (SSSR count). The monoisotopic (exact) mass is 345 g/mol. The molecule has 2 aliphatic heterocycles. The molecule has 1 saturated heterocycles. The van der Waals surface area contributed by atoms with Crippen molar-refractivity contribution in [2.24, 2.45) is 5.92 Å². The number of hydrogen-bond acceptors (Lipinski definition) is 4. The van der Waals surface area contributed by atoms with Crippen LogP contribution in [0.2, 0.25) is 0 Å². The number of rotatable bonds is 5. The number of ether oxygens (including phenoxy) is 1. The molecule has 2 N–H and O–H groups in total. The summed E-state index contributed by atoms with van der Waals surface area (Å²) in [4.78, 5) is 27.1. The second-order valence-electron chi connectivity index (χ2n) is 7.10. The number of hydrogen-bond donors (Lipinski definition) is 2. The molecule has 2 heterocycles. The highest BCUT2D eigenvalue weighted by Gasteiger charge is 2.31. The van der Waals surface area contributed by atoms with Gasteiger partial charge >= 0.3 is 0 Å². The molecule has 1 aromatic carbocycles. The smallest absolute Gasteiger partial charge is 0.228 e. The summed E-state index contributed by atoms with van der Waals surface area (Å²) in [6.45, 7) is 8.23. The Morgan fingerprint density at radius 3 is 2.76 bits per heavy atom. The van der Waals surface area contributed by atoms with Crippen LogP contribution in [0, 0.1) is 5.92 Å². The lowest BCUT2D eigenvalue weighted by atomic mass is 9.89. The number of fused-ring (bicyclic) bond motifs is 1. The number of para-hydroxylation sites is 1. The van der Waals surface area contributed by atoms with E-state index in [1.54, 1.807) is 0 Å². The van der Waals surface area contributed by atoms with E-state index in [0.717, 1.165) is 37.6 Å². The van der Waals surface area contributed by atoms with Crippen molar-refractivity contribution in [3.63, 3.8) is 0 Å². The van der Waals surface area contributed by atoms with Crippen molar-refractivity contribution in [3.05, 3.63) is 29.8 Å². The summed E-state index contributed by atoms with van der Waals surface area (Å²) in [6.07, 6.45) is 0.201. The number of benzene rings is 1. The van der Waals surface area contributed by atoms with Crippen molar-refractivity contribution >= 4 is 17.5 Å². The molecule has 0 saturated carbocycles. The van der Waals surface area contributed by atoms with Crippen molar-refractivity contribution in [2.45, 2.75) is 32.2 Å². The average molecular weight is 345 g/mol. The fourth-order valence-corrected chi connectivity index (χ4v) is 3.67. The Hall–Kier alpha value is -1.92. The molecule has 136 valence electrons. The third kappa shape index (κ3) is 4.19. The number of carbonyl (C=O) groups is 2. The van der Waals surface area contributed by atoms with E-state index in [0.29, 0.717) is 12.5 Å². The summed E-state index contributed by atoms with van der Waals surface area (Å²) in [7, 11) is 0. The first kappa shape index (κ1) is 17.9. The molecule has 0 aliphatic carbocycles. The number of amides is 2. The van der Waals surface area contributed by atoms with Gasteiger partial charge in [0.25, 0.3) is 0 Å². The summed E-state index contributed by atoms with van der Waals surface area (Å²) in [5.41, 5.74) is 1.64. The molecule has 6 heteroatoms. The average Bonchev–Trinajstić information content (AvgIpc) is 2.61. The van der Waals surface area contributed by atoms with Crippen LogP contribution in [0.3, 0.4) is 0 Å². The molecule has 1 aromatic rings. The van der Waals surface area contributed by atoms with Crippen LogP contribution in [0.4, 0.5) is 5.69 Å². The normalized spacial score (nSPS) is 22.2. The minimum absolute atomic E-state index is 0.0683. The van der Waals surface area contributed by atoms with Crippen LogP contribution in [0.1, 0.15) is 31.7 Å². The van der Waals surface area contributed by atoms with Gasteiger partial charge in [0.2, 0.25) is 11.8 Å². The predicted octanol–water partition coefficient (Wildman–Crippen LogP) is 1.59. The molecule has 2 atom stereocenters. The van der Waals surface area contributed by atoms with Gasteiger partial charge in [0.1, 0.15) is 0 Å². The first-order valence-electron chi connectivity index (χ1n) is 9.04. The van der Waals surface area contributed by atoms with Gasteiger partial charge in [0, 0.05) is 37.8 Å². The van der Waals surface area contributed by atoms with Crippen LogP contribution >= 0.6 is 0 Å². The van der Waals surface area contributed by atoms with Gasteiger partial charge in [-0.25, -0.2) is 0 Å². The van der Waals surface area contributed by atoms with E-state index >= 15 is 0 Å². The maximum Gasteiger partial charge on any atom is 0.228 e. The molecule has 6 nitrogen and oxygen atoms in total. The fourth-order valence-electron chi connectivity index (χ4n) is 3.67. The first-order chi connectivity index (χ1) is 12.1. The molecule has 1 fully saturated rings. The van der Waals surface area contributed by atoms with Crippen molar-refractivity contribution in [1.82, 2.24) is 10.2 Å². The zero-order chi connectivity index (χ0) is 17.8. The van der Waals surface area contributed by atoms with Crippen LogP contribution in [-0.2, 0) is 14.3 Å². The Balaban J connectivity index is 1.66. The van der Waals surface area contributed by atoms with Gasteiger partial charge in [-0.2, -0.15) is 0 Å². The van der Waals surface area contributed by atoms with Crippen LogP contribution in [0.5, 0.6) is 0 Å². The largest absolute Gasteiger partial charge is 0.379 e. The molecular formula is C19H27N3O3. The van der Waals surface area contributed by atoms with Crippen LogP contribution in [0.25, 0.3) is 0 Å². The third-order valence-corrected chi connectivity index (χ3v) is 5.09. The summed E-state index contributed by atoms with van der Waals surface area (Å²) >= 11 is 0. The molecule has 2 amide bonds. The molecule has 0 spiro atoms. The second-order valence-corrected chi connectivity index (χ2v) is 7.10. The number of carbonyl (C=O) groups excluding carboxylic acids is 2. The quantitative estimate of drug-likeness (QED) is 0.850. The van der Waals surface area contributed by atoms with Crippen molar-refractivity contribution in [1.29, 1.82) is 0 Å². The minimum atomic E-state index is -0.414. The van der Waals surface area contributed by atoms with Crippen LogP contribution in [0.15, 0.2) is 24.3 Å². The van der Waals surface area contributed by atoms with E-state index in [4.69, 9.17) is 4.74 Å². The van der Waals surface area contributed by atoms with Crippen molar-refractivity contribution in [2.75, 3.05) is 38.2 Å². The van der Waals surface area contributed by atoms with Crippen molar-refractivity contribution < 1.29 is 14.3 Å². The maximum atomic E-state index is 12.8. The lowest BCUT2D eigenvalue weighted by molar-refractivity contribution is -0.126. The van der Waals surface area contributed by atoms with E-state index in [1.807, 2.05) is 24.3 Å². The Bertz CT molecular complexity index is 626. The lowest BCUT2D eigenvalue weighted by Crippen LogP contribution is -2.51. The van der Waals surface area contributed by atoms with E-state index in [9.17, 15) is 9.59 Å². The number of nitrogens with one attached hydrogen (secondary N) is 2. The maximum absolute atomic E-state index is 12.8. The highest BCUT2D eigenvalue weighted by atomic mass is 16.5. The Morgan fingerprint density at radius 2 is 2.04 bits per heavy atom. The Labute approximate surface area is 148 Å². The Morgan fingerprint density at radius 1 is 1.32 bits per heavy atom. The number of morpholine rings is 1. The summed E-state index contributed by atoms with van der Waals surface area (Å²) in [5, 5.41) is 5.93. The SMILES string of the molecule is CC(C)[C@H](CNC(=O)[C@@H]1CC(=O)Nc2ccccc21)N1CCOCC1. The van der Waals surface area contributed by atoms with Gasteiger partial charge in [-0.3, -0.25) is 14.5 Å². The second kappa shape index (κ2) is 7.97. The van der Waals surface area contributed by atoms with Gasteiger partial charge in [0.15, 0.2) is 0 Å². The molecule has 0 aromatic heterocycles. The topological polar surface area (TPSA) is 70.7 Å². The predicted molar refractivity (Wildman–Crippen MR) is 96.5 cm³/mol. The van der Waals surface area contributed by atoms with Crippen LogP contribution in [-0.4, -0.2) is 55.6 Å². The minimum Gasteiger partial charge on any atom is -0.379 e. The van der Waals surface area contributed by atoms with Gasteiger partial charge < -0.3 is 15.4 Å². The zero-order valence-electron chi connectivity index (χ0n) is 15.0. The van der Waals surface area contributed by atoms with E-state index in [-0.39, 0.29) is 24.3 Å². The fraction of sp³-hybridized carbons (Fsp3) is 0.579. The Kier molecular flexibility index (Phi) is 5.71. The summed E-state index contributed by atoms with van der Waals surface area (Å²) in [5.74, 6) is -0.156.